The molecule has 57 valence electrons. The van der Waals surface area contributed by atoms with E-state index in [2.05, 4.69) is 10.9 Å². The molecule has 0 unspecified atom stereocenters. The first-order valence-electron chi connectivity index (χ1n) is 3.31. The van der Waals surface area contributed by atoms with Crippen LogP contribution in [0.5, 0.6) is 0 Å². The molecule has 0 saturated heterocycles. The van der Waals surface area contributed by atoms with Crippen LogP contribution in [0.4, 0.5) is 5.69 Å². The maximum atomic E-state index is 10.4. The number of rotatable bonds is 2. The minimum absolute atomic E-state index is 0.158. The van der Waals surface area contributed by atoms with Gasteiger partial charge >= 0.3 is 0 Å². The quantitative estimate of drug-likeness (QED) is 0.625. The third-order valence-corrected chi connectivity index (χ3v) is 1.10. The Morgan fingerprint density at radius 3 is 2.55 bits per heavy atom. The molecular weight excluding hydrogens is 140 g/mol. The standard InChI is InChI=1S/C8H9N2O/c1-7(11)9-10-8-5-3-2-4-6-8/h2-6H,1H3,(H,9,11). The Bertz CT molecular complexity index is 233. The van der Waals surface area contributed by atoms with Crippen molar-refractivity contribution in [1.29, 1.82) is 0 Å². The van der Waals surface area contributed by atoms with E-state index in [1.165, 1.54) is 6.92 Å². The molecule has 0 aromatic heterocycles. The van der Waals surface area contributed by atoms with Crippen LogP contribution >= 0.6 is 0 Å². The normalized spacial score (nSPS) is 8.82. The number of carbonyl (C=O) groups is 1. The van der Waals surface area contributed by atoms with Crippen LogP contribution in [0.1, 0.15) is 6.92 Å². The zero-order valence-electron chi connectivity index (χ0n) is 6.24. The number of carbonyl (C=O) groups excluding carboxylic acids is 1. The lowest BCUT2D eigenvalue weighted by atomic mass is 10.3. The van der Waals surface area contributed by atoms with E-state index in [0.29, 0.717) is 0 Å². The molecule has 1 aromatic carbocycles. The summed E-state index contributed by atoms with van der Waals surface area (Å²) in [4.78, 5) is 10.4. The number of nitrogens with one attached hydrogen (secondary N) is 1. The summed E-state index contributed by atoms with van der Waals surface area (Å²) < 4.78 is 0. The van der Waals surface area contributed by atoms with Gasteiger partial charge in [0.05, 0.1) is 5.69 Å². The van der Waals surface area contributed by atoms with Gasteiger partial charge in [-0.2, -0.15) is 5.43 Å². The molecule has 0 spiro atoms. The number of para-hydroxylation sites is 1. The Morgan fingerprint density at radius 2 is 2.00 bits per heavy atom. The van der Waals surface area contributed by atoms with E-state index in [9.17, 15) is 4.79 Å². The minimum atomic E-state index is -0.158. The van der Waals surface area contributed by atoms with E-state index >= 15 is 0 Å². The van der Waals surface area contributed by atoms with Crippen LogP contribution in [0.3, 0.4) is 0 Å². The fourth-order valence-corrected chi connectivity index (χ4v) is 0.646. The number of benzene rings is 1. The van der Waals surface area contributed by atoms with Gasteiger partial charge in [0.25, 0.3) is 0 Å². The molecule has 0 aliphatic carbocycles. The first kappa shape index (κ1) is 7.60. The molecule has 0 fully saturated rings. The summed E-state index contributed by atoms with van der Waals surface area (Å²) in [5.41, 5.74) is 6.91. The molecule has 1 radical (unpaired) electrons. The summed E-state index contributed by atoms with van der Waals surface area (Å²) >= 11 is 0. The summed E-state index contributed by atoms with van der Waals surface area (Å²) in [5.74, 6) is -0.158. The summed E-state index contributed by atoms with van der Waals surface area (Å²) in [6, 6.07) is 9.25. The summed E-state index contributed by atoms with van der Waals surface area (Å²) in [6.45, 7) is 1.42. The van der Waals surface area contributed by atoms with Crippen molar-refractivity contribution < 1.29 is 4.79 Å². The Kier molecular flexibility index (Phi) is 2.49. The maximum absolute atomic E-state index is 10.4. The Balaban J connectivity index is 2.45. The zero-order chi connectivity index (χ0) is 8.10. The van der Waals surface area contributed by atoms with Crippen LogP contribution in [0.15, 0.2) is 30.3 Å². The second-order valence-electron chi connectivity index (χ2n) is 2.12. The third kappa shape index (κ3) is 2.71. The molecule has 1 aromatic rings. The molecule has 3 nitrogen and oxygen atoms in total. The van der Waals surface area contributed by atoms with Gasteiger partial charge in [-0.15, -0.1) is 0 Å². The third-order valence-electron chi connectivity index (χ3n) is 1.10. The minimum Gasteiger partial charge on any atom is -0.274 e. The summed E-state index contributed by atoms with van der Waals surface area (Å²) in [7, 11) is 0. The molecule has 0 bridgehead atoms. The molecule has 0 heterocycles. The van der Waals surface area contributed by atoms with E-state index in [1.807, 2.05) is 30.3 Å². The average Bonchev–Trinajstić information content (AvgIpc) is 2.03. The smallest absolute Gasteiger partial charge is 0.236 e. The molecule has 0 saturated carbocycles. The van der Waals surface area contributed by atoms with Gasteiger partial charge in [0.2, 0.25) is 5.91 Å². The lowest BCUT2D eigenvalue weighted by Gasteiger charge is -1.99. The van der Waals surface area contributed by atoms with Crippen molar-refractivity contribution in [2.45, 2.75) is 6.92 Å². The average molecular weight is 149 g/mol. The molecule has 1 rings (SSSR count). The van der Waals surface area contributed by atoms with Crippen molar-refractivity contribution in [1.82, 2.24) is 10.9 Å². The van der Waals surface area contributed by atoms with Gasteiger partial charge in [-0.25, -0.2) is 5.43 Å². The zero-order valence-corrected chi connectivity index (χ0v) is 6.24. The topological polar surface area (TPSA) is 43.2 Å². The van der Waals surface area contributed by atoms with Crippen molar-refractivity contribution in [3.05, 3.63) is 30.3 Å². The molecule has 11 heavy (non-hydrogen) atoms. The van der Waals surface area contributed by atoms with E-state index in [-0.39, 0.29) is 5.91 Å². The van der Waals surface area contributed by atoms with Crippen LogP contribution < -0.4 is 10.9 Å². The summed E-state index contributed by atoms with van der Waals surface area (Å²) in [6.07, 6.45) is 0. The van der Waals surface area contributed by atoms with Crippen molar-refractivity contribution in [3.8, 4) is 0 Å². The van der Waals surface area contributed by atoms with Crippen LogP contribution in [-0.2, 0) is 4.79 Å². The van der Waals surface area contributed by atoms with Gasteiger partial charge in [0, 0.05) is 6.92 Å². The van der Waals surface area contributed by atoms with Crippen molar-refractivity contribution in [3.63, 3.8) is 0 Å². The molecule has 0 aliphatic heterocycles. The largest absolute Gasteiger partial charge is 0.274 e. The van der Waals surface area contributed by atoms with E-state index < -0.39 is 0 Å². The molecular formula is C8H9N2O. The van der Waals surface area contributed by atoms with Gasteiger partial charge < -0.3 is 0 Å². The van der Waals surface area contributed by atoms with Crippen molar-refractivity contribution in [2.24, 2.45) is 0 Å². The van der Waals surface area contributed by atoms with E-state index in [4.69, 9.17) is 0 Å². The Labute approximate surface area is 65.4 Å². The van der Waals surface area contributed by atoms with Gasteiger partial charge in [-0.1, -0.05) is 18.2 Å². The molecule has 0 aliphatic rings. The lowest BCUT2D eigenvalue weighted by Crippen LogP contribution is -2.25. The van der Waals surface area contributed by atoms with Crippen molar-refractivity contribution >= 4 is 11.6 Å². The van der Waals surface area contributed by atoms with Crippen LogP contribution in [0, 0.1) is 0 Å². The fraction of sp³-hybridized carbons (Fsp3) is 0.125. The van der Waals surface area contributed by atoms with Crippen LogP contribution in [0.25, 0.3) is 0 Å². The molecule has 3 heteroatoms. The molecule has 1 N–H and O–H groups in total. The number of hydrogen-bond acceptors (Lipinski definition) is 1. The van der Waals surface area contributed by atoms with Crippen LogP contribution in [0.2, 0.25) is 0 Å². The monoisotopic (exact) mass is 149 g/mol. The molecule has 1 amide bonds. The van der Waals surface area contributed by atoms with Crippen molar-refractivity contribution in [2.75, 3.05) is 0 Å². The van der Waals surface area contributed by atoms with Gasteiger partial charge in [0.15, 0.2) is 0 Å². The highest BCUT2D eigenvalue weighted by Gasteiger charge is 1.91. The Morgan fingerprint density at radius 1 is 1.36 bits per heavy atom. The first-order valence-corrected chi connectivity index (χ1v) is 3.31. The van der Waals surface area contributed by atoms with Crippen LogP contribution in [-0.4, -0.2) is 5.91 Å². The van der Waals surface area contributed by atoms with Gasteiger partial charge in [0.1, 0.15) is 0 Å². The number of hydrogen-bond donors (Lipinski definition) is 1. The highest BCUT2D eigenvalue weighted by molar-refractivity contribution is 5.72. The fourth-order valence-electron chi connectivity index (χ4n) is 0.646. The van der Waals surface area contributed by atoms with Gasteiger partial charge in [-0.05, 0) is 12.1 Å². The second kappa shape index (κ2) is 3.61. The van der Waals surface area contributed by atoms with E-state index in [0.717, 1.165) is 5.69 Å². The maximum Gasteiger partial charge on any atom is 0.236 e. The molecule has 0 atom stereocenters. The van der Waals surface area contributed by atoms with Gasteiger partial charge in [-0.3, -0.25) is 4.79 Å². The van der Waals surface area contributed by atoms with E-state index in [1.54, 1.807) is 0 Å². The Hall–Kier alpha value is -1.51. The second-order valence-corrected chi connectivity index (χ2v) is 2.12. The predicted molar refractivity (Wildman–Crippen MR) is 42.1 cm³/mol. The lowest BCUT2D eigenvalue weighted by molar-refractivity contribution is -0.119. The summed E-state index contributed by atoms with van der Waals surface area (Å²) in [5, 5.41) is 0. The highest BCUT2D eigenvalue weighted by atomic mass is 16.2. The number of amides is 1. The SMILES string of the molecule is CC(=O)N[N]c1ccccc1. The highest BCUT2D eigenvalue weighted by Crippen LogP contribution is 2.02. The number of nitrogens with zero attached hydrogens (tertiary/aromatic N) is 1. The first-order chi connectivity index (χ1) is 5.29. The predicted octanol–water partition coefficient (Wildman–Crippen LogP) is 0.974.